The molecule has 0 aliphatic heterocycles. The van der Waals surface area contributed by atoms with Gasteiger partial charge < -0.3 is 10.6 Å². The van der Waals surface area contributed by atoms with Crippen molar-refractivity contribution >= 4 is 28.9 Å². The maximum atomic E-state index is 11.8. The number of hydrogen-bond donors (Lipinski definition) is 3. The number of hydrogen-bond acceptors (Lipinski definition) is 3. The summed E-state index contributed by atoms with van der Waals surface area (Å²) in [7, 11) is 0. The Balaban J connectivity index is 1.94. The third-order valence-electron chi connectivity index (χ3n) is 2.71. The highest BCUT2D eigenvalue weighted by atomic mass is 35.5. The molecule has 0 fully saturated rings. The van der Waals surface area contributed by atoms with E-state index in [1.165, 1.54) is 0 Å². The van der Waals surface area contributed by atoms with E-state index in [-0.39, 0.29) is 12.5 Å². The minimum absolute atomic E-state index is 0.146. The third kappa shape index (κ3) is 3.26. The van der Waals surface area contributed by atoms with Crippen LogP contribution in [-0.2, 0) is 4.79 Å². The van der Waals surface area contributed by atoms with Crippen molar-refractivity contribution in [1.29, 1.82) is 0 Å². The first-order valence-corrected chi connectivity index (χ1v) is 6.25. The number of benzene rings is 1. The smallest absolute Gasteiger partial charge is 0.243 e. The van der Waals surface area contributed by atoms with Crippen molar-refractivity contribution in [3.63, 3.8) is 0 Å². The number of halogens is 1. The van der Waals surface area contributed by atoms with Crippen LogP contribution < -0.4 is 10.6 Å². The Labute approximate surface area is 116 Å². The fourth-order valence-corrected chi connectivity index (χ4v) is 1.90. The average molecular weight is 279 g/mol. The Bertz CT molecular complexity index is 575. The topological polar surface area (TPSA) is 69.8 Å². The van der Waals surface area contributed by atoms with Gasteiger partial charge in [-0.15, -0.1) is 0 Å². The Morgan fingerprint density at radius 1 is 1.37 bits per heavy atom. The molecule has 0 spiro atoms. The number of amides is 1. The molecule has 1 amide bonds. The Morgan fingerprint density at radius 3 is 2.74 bits per heavy atom. The molecule has 1 heterocycles. The molecule has 0 bridgehead atoms. The van der Waals surface area contributed by atoms with Gasteiger partial charge in [-0.2, -0.15) is 5.10 Å². The second-order valence-electron chi connectivity index (χ2n) is 4.19. The van der Waals surface area contributed by atoms with E-state index in [2.05, 4.69) is 20.8 Å². The number of nitrogens with zero attached hydrogens (tertiary/aromatic N) is 1. The quantitative estimate of drug-likeness (QED) is 0.805. The molecule has 0 radical (unpaired) electrons. The number of para-hydroxylation sites is 1. The maximum absolute atomic E-state index is 11.8. The molecular weight excluding hydrogens is 264 g/mol. The summed E-state index contributed by atoms with van der Waals surface area (Å²) < 4.78 is 0. The highest BCUT2D eigenvalue weighted by Gasteiger charge is 2.10. The first-order valence-electron chi connectivity index (χ1n) is 5.87. The molecule has 0 aliphatic rings. The van der Waals surface area contributed by atoms with Crippen LogP contribution in [0.1, 0.15) is 11.4 Å². The zero-order chi connectivity index (χ0) is 13.8. The summed E-state index contributed by atoms with van der Waals surface area (Å²) in [4.78, 5) is 11.8. The van der Waals surface area contributed by atoms with Gasteiger partial charge in [0, 0.05) is 0 Å². The van der Waals surface area contributed by atoms with Crippen LogP contribution in [0.25, 0.3) is 0 Å². The minimum atomic E-state index is -0.146. The van der Waals surface area contributed by atoms with E-state index >= 15 is 0 Å². The van der Waals surface area contributed by atoms with Crippen molar-refractivity contribution in [3.05, 3.63) is 40.7 Å². The third-order valence-corrected chi connectivity index (χ3v) is 3.04. The van der Waals surface area contributed by atoms with Gasteiger partial charge in [-0.25, -0.2) is 0 Å². The van der Waals surface area contributed by atoms with E-state index in [0.717, 1.165) is 22.8 Å². The summed E-state index contributed by atoms with van der Waals surface area (Å²) in [5.74, 6) is -0.146. The van der Waals surface area contributed by atoms with E-state index in [1.54, 1.807) is 6.07 Å². The van der Waals surface area contributed by atoms with Crippen LogP contribution in [0.3, 0.4) is 0 Å². The Hall–Kier alpha value is -2.01. The zero-order valence-electron chi connectivity index (χ0n) is 10.7. The van der Waals surface area contributed by atoms with E-state index < -0.39 is 0 Å². The lowest BCUT2D eigenvalue weighted by molar-refractivity contribution is -0.114. The molecule has 0 atom stereocenters. The number of aromatic nitrogens is 2. The van der Waals surface area contributed by atoms with E-state index in [9.17, 15) is 4.79 Å². The molecule has 2 rings (SSSR count). The number of nitrogens with one attached hydrogen (secondary N) is 3. The van der Waals surface area contributed by atoms with Crippen LogP contribution >= 0.6 is 11.6 Å². The molecule has 2 aromatic rings. The highest BCUT2D eigenvalue weighted by Crippen LogP contribution is 2.20. The molecular formula is C13H15ClN4O. The molecule has 5 nitrogen and oxygen atoms in total. The van der Waals surface area contributed by atoms with Crippen LogP contribution in [0, 0.1) is 13.8 Å². The number of carbonyl (C=O) groups is 1. The van der Waals surface area contributed by atoms with Gasteiger partial charge in [0.2, 0.25) is 5.91 Å². The van der Waals surface area contributed by atoms with Crippen molar-refractivity contribution in [1.82, 2.24) is 10.2 Å². The van der Waals surface area contributed by atoms with Gasteiger partial charge in [0.05, 0.1) is 34.3 Å². The maximum Gasteiger partial charge on any atom is 0.243 e. The number of H-pyrrole nitrogens is 1. The highest BCUT2D eigenvalue weighted by molar-refractivity contribution is 6.33. The second kappa shape index (κ2) is 5.75. The molecule has 0 saturated heterocycles. The summed E-state index contributed by atoms with van der Waals surface area (Å²) in [6.45, 7) is 3.84. The van der Waals surface area contributed by atoms with Crippen molar-refractivity contribution in [3.8, 4) is 0 Å². The second-order valence-corrected chi connectivity index (χ2v) is 4.60. The van der Waals surface area contributed by atoms with Gasteiger partial charge in [0.15, 0.2) is 0 Å². The van der Waals surface area contributed by atoms with Crippen LogP contribution in [0.2, 0.25) is 5.02 Å². The van der Waals surface area contributed by atoms with Gasteiger partial charge in [0.25, 0.3) is 0 Å². The summed E-state index contributed by atoms with van der Waals surface area (Å²) in [5.41, 5.74) is 3.07. The van der Waals surface area contributed by atoms with Gasteiger partial charge in [-0.3, -0.25) is 9.89 Å². The van der Waals surface area contributed by atoms with Crippen molar-refractivity contribution in [2.45, 2.75) is 13.8 Å². The molecule has 19 heavy (non-hydrogen) atoms. The standard InChI is InChI=1S/C13H15ClN4O/c1-8-13(9(2)18-17-8)16-12(19)7-15-11-6-4-3-5-10(11)14/h3-6,15H,7H2,1-2H3,(H,16,19)(H,17,18). The Morgan fingerprint density at radius 2 is 2.11 bits per heavy atom. The molecule has 3 N–H and O–H groups in total. The average Bonchev–Trinajstić information content (AvgIpc) is 2.70. The summed E-state index contributed by atoms with van der Waals surface area (Å²) >= 11 is 5.99. The van der Waals surface area contributed by atoms with Gasteiger partial charge in [-0.05, 0) is 26.0 Å². The molecule has 0 aliphatic carbocycles. The largest absolute Gasteiger partial charge is 0.375 e. The molecule has 1 aromatic carbocycles. The van der Waals surface area contributed by atoms with Crippen LogP contribution in [0.4, 0.5) is 11.4 Å². The van der Waals surface area contributed by atoms with E-state index in [0.29, 0.717) is 5.02 Å². The van der Waals surface area contributed by atoms with E-state index in [4.69, 9.17) is 11.6 Å². The Kier molecular flexibility index (Phi) is 4.06. The number of aromatic amines is 1. The minimum Gasteiger partial charge on any atom is -0.375 e. The fraction of sp³-hybridized carbons (Fsp3) is 0.231. The molecule has 0 saturated carbocycles. The van der Waals surface area contributed by atoms with E-state index in [1.807, 2.05) is 32.0 Å². The lowest BCUT2D eigenvalue weighted by Gasteiger charge is -2.09. The monoisotopic (exact) mass is 278 g/mol. The first kappa shape index (κ1) is 13.4. The molecule has 100 valence electrons. The summed E-state index contributed by atoms with van der Waals surface area (Å²) in [6.07, 6.45) is 0. The summed E-state index contributed by atoms with van der Waals surface area (Å²) in [6, 6.07) is 7.29. The number of rotatable bonds is 4. The van der Waals surface area contributed by atoms with Crippen molar-refractivity contribution < 1.29 is 4.79 Å². The lowest BCUT2D eigenvalue weighted by atomic mass is 10.3. The predicted octanol–water partition coefficient (Wildman–Crippen LogP) is 2.73. The van der Waals surface area contributed by atoms with Crippen LogP contribution in [0.15, 0.2) is 24.3 Å². The van der Waals surface area contributed by atoms with Crippen molar-refractivity contribution in [2.75, 3.05) is 17.2 Å². The number of carbonyl (C=O) groups excluding carboxylic acids is 1. The van der Waals surface area contributed by atoms with Gasteiger partial charge in [0.1, 0.15) is 0 Å². The number of anilines is 2. The fourth-order valence-electron chi connectivity index (χ4n) is 1.70. The zero-order valence-corrected chi connectivity index (χ0v) is 11.5. The molecule has 6 heteroatoms. The first-order chi connectivity index (χ1) is 9.08. The summed E-state index contributed by atoms with van der Waals surface area (Å²) in [5, 5.41) is 13.2. The van der Waals surface area contributed by atoms with Crippen molar-refractivity contribution in [2.24, 2.45) is 0 Å². The van der Waals surface area contributed by atoms with Gasteiger partial charge in [-0.1, -0.05) is 23.7 Å². The molecule has 1 aromatic heterocycles. The normalized spacial score (nSPS) is 10.3. The SMILES string of the molecule is Cc1n[nH]c(C)c1NC(=O)CNc1ccccc1Cl. The van der Waals surface area contributed by atoms with Gasteiger partial charge >= 0.3 is 0 Å². The lowest BCUT2D eigenvalue weighted by Crippen LogP contribution is -2.22. The molecule has 0 unspecified atom stereocenters. The van der Waals surface area contributed by atoms with Crippen LogP contribution in [0.5, 0.6) is 0 Å². The van der Waals surface area contributed by atoms with Crippen LogP contribution in [-0.4, -0.2) is 22.6 Å². The predicted molar refractivity (Wildman–Crippen MR) is 76.6 cm³/mol. The number of aryl methyl sites for hydroxylation is 2.